The maximum atomic E-state index is 12.9. The van der Waals surface area contributed by atoms with Crippen LogP contribution in [0.3, 0.4) is 0 Å². The lowest BCUT2D eigenvalue weighted by atomic mass is 10.1. The fraction of sp³-hybridized carbons (Fsp3) is 0.231. The molecule has 0 aliphatic rings. The predicted molar refractivity (Wildman–Crippen MR) is 73.4 cm³/mol. The van der Waals surface area contributed by atoms with Gasteiger partial charge in [-0.15, -0.1) is 11.3 Å². The Bertz CT molecular complexity index is 582. The van der Waals surface area contributed by atoms with Gasteiger partial charge in [0.05, 0.1) is 10.7 Å². The second-order valence-electron chi connectivity index (χ2n) is 3.99. The van der Waals surface area contributed by atoms with E-state index in [2.05, 4.69) is 20.9 Å². The first-order valence-electron chi connectivity index (χ1n) is 5.41. The number of carbonyl (C=O) groups excluding carboxylic acids is 1. The quantitative estimate of drug-likeness (QED) is 0.856. The molecule has 0 atom stereocenters. The monoisotopic (exact) mass is 327 g/mol. The van der Waals surface area contributed by atoms with Crippen molar-refractivity contribution in [1.29, 1.82) is 0 Å². The topological polar surface area (TPSA) is 30.0 Å². The van der Waals surface area contributed by atoms with Crippen molar-refractivity contribution in [3.8, 4) is 0 Å². The Kier molecular flexibility index (Phi) is 4.24. The van der Waals surface area contributed by atoms with Crippen LogP contribution in [0.4, 0.5) is 4.39 Å². The molecule has 0 amide bonds. The maximum Gasteiger partial charge on any atom is 0.143 e. The normalized spacial score (nSPS) is 10.6. The van der Waals surface area contributed by atoms with Gasteiger partial charge in [0.15, 0.2) is 0 Å². The minimum absolute atomic E-state index is 0.0765. The summed E-state index contributed by atoms with van der Waals surface area (Å²) in [7, 11) is 0. The van der Waals surface area contributed by atoms with Crippen LogP contribution >= 0.6 is 27.3 Å². The Morgan fingerprint density at radius 1 is 1.44 bits per heavy atom. The zero-order valence-corrected chi connectivity index (χ0v) is 12.1. The van der Waals surface area contributed by atoms with E-state index in [0.29, 0.717) is 10.9 Å². The first-order chi connectivity index (χ1) is 8.54. The van der Waals surface area contributed by atoms with Crippen LogP contribution in [0.2, 0.25) is 0 Å². The third-order valence-electron chi connectivity index (χ3n) is 2.45. The number of hydrogen-bond acceptors (Lipinski definition) is 3. The average Bonchev–Trinajstić information content (AvgIpc) is 2.68. The molecule has 0 N–H and O–H groups in total. The SMILES string of the molecule is Cc1nc(CC(=O)Cc2ccc(F)cc2Br)cs1. The summed E-state index contributed by atoms with van der Waals surface area (Å²) < 4.78 is 13.5. The maximum absolute atomic E-state index is 12.9. The molecule has 2 nitrogen and oxygen atoms in total. The van der Waals surface area contributed by atoms with Gasteiger partial charge in [0, 0.05) is 22.7 Å². The molecule has 2 rings (SSSR count). The van der Waals surface area contributed by atoms with Crippen molar-refractivity contribution in [2.75, 3.05) is 0 Å². The molecule has 0 radical (unpaired) electrons. The number of aryl methyl sites for hydroxylation is 1. The minimum Gasteiger partial charge on any atom is -0.299 e. The van der Waals surface area contributed by atoms with Gasteiger partial charge < -0.3 is 0 Å². The third-order valence-corrected chi connectivity index (χ3v) is 4.01. The molecule has 0 aliphatic carbocycles. The number of carbonyl (C=O) groups is 1. The number of halogens is 2. The molecule has 0 spiro atoms. The minimum atomic E-state index is -0.312. The molecule has 0 bridgehead atoms. The summed E-state index contributed by atoms with van der Waals surface area (Å²) in [6, 6.07) is 4.36. The Morgan fingerprint density at radius 2 is 2.22 bits per heavy atom. The Hall–Kier alpha value is -1.07. The molecular weight excluding hydrogens is 317 g/mol. The second kappa shape index (κ2) is 5.71. The number of hydrogen-bond donors (Lipinski definition) is 0. The Labute approximate surface area is 117 Å². The Morgan fingerprint density at radius 3 is 2.83 bits per heavy atom. The van der Waals surface area contributed by atoms with Crippen molar-refractivity contribution in [1.82, 2.24) is 4.98 Å². The first-order valence-corrected chi connectivity index (χ1v) is 7.08. The number of aromatic nitrogens is 1. The first kappa shape index (κ1) is 13.4. The molecule has 1 heterocycles. The van der Waals surface area contributed by atoms with Crippen LogP contribution in [0.15, 0.2) is 28.1 Å². The lowest BCUT2D eigenvalue weighted by molar-refractivity contribution is -0.117. The smallest absolute Gasteiger partial charge is 0.143 e. The zero-order valence-electron chi connectivity index (χ0n) is 9.74. The molecule has 0 unspecified atom stereocenters. The Balaban J connectivity index is 2.03. The van der Waals surface area contributed by atoms with Crippen molar-refractivity contribution in [2.45, 2.75) is 19.8 Å². The van der Waals surface area contributed by atoms with Gasteiger partial charge >= 0.3 is 0 Å². The van der Waals surface area contributed by atoms with Gasteiger partial charge in [0.1, 0.15) is 11.6 Å². The van der Waals surface area contributed by atoms with E-state index < -0.39 is 0 Å². The molecule has 2 aromatic rings. The van der Waals surface area contributed by atoms with E-state index in [1.165, 1.54) is 23.5 Å². The van der Waals surface area contributed by atoms with Crippen LogP contribution in [0.5, 0.6) is 0 Å². The van der Waals surface area contributed by atoms with Gasteiger partial charge in [-0.25, -0.2) is 9.37 Å². The van der Waals surface area contributed by atoms with Crippen LogP contribution in [0.25, 0.3) is 0 Å². The van der Waals surface area contributed by atoms with Crippen molar-refractivity contribution < 1.29 is 9.18 Å². The summed E-state index contributed by atoms with van der Waals surface area (Å²) >= 11 is 4.79. The van der Waals surface area contributed by atoms with Crippen molar-refractivity contribution >= 4 is 33.0 Å². The highest BCUT2D eigenvalue weighted by atomic mass is 79.9. The molecule has 1 aromatic heterocycles. The standard InChI is InChI=1S/C13H11BrFNOS/c1-8-16-11(7-18-8)6-12(17)4-9-2-3-10(15)5-13(9)14/h2-3,5,7H,4,6H2,1H3. The van der Waals surface area contributed by atoms with E-state index in [1.807, 2.05) is 12.3 Å². The van der Waals surface area contributed by atoms with E-state index in [1.54, 1.807) is 6.07 Å². The largest absolute Gasteiger partial charge is 0.299 e. The number of ketones is 1. The number of nitrogens with zero attached hydrogens (tertiary/aromatic N) is 1. The zero-order chi connectivity index (χ0) is 13.1. The van der Waals surface area contributed by atoms with E-state index in [9.17, 15) is 9.18 Å². The van der Waals surface area contributed by atoms with Gasteiger partial charge in [-0.1, -0.05) is 22.0 Å². The van der Waals surface area contributed by atoms with Gasteiger partial charge in [-0.3, -0.25) is 4.79 Å². The predicted octanol–water partition coefficient (Wildman–Crippen LogP) is 3.71. The van der Waals surface area contributed by atoms with Gasteiger partial charge in [-0.2, -0.15) is 0 Å². The second-order valence-corrected chi connectivity index (χ2v) is 5.90. The van der Waals surface area contributed by atoms with Crippen LogP contribution in [-0.4, -0.2) is 10.8 Å². The van der Waals surface area contributed by atoms with Crippen molar-refractivity contribution in [2.24, 2.45) is 0 Å². The average molecular weight is 328 g/mol. The summed E-state index contributed by atoms with van der Waals surface area (Å²) in [6.45, 7) is 1.91. The van der Waals surface area contributed by atoms with Crippen LogP contribution in [0, 0.1) is 12.7 Å². The van der Waals surface area contributed by atoms with Crippen LogP contribution in [-0.2, 0) is 17.6 Å². The fourth-order valence-corrected chi connectivity index (χ4v) is 2.74. The summed E-state index contributed by atoms with van der Waals surface area (Å²) in [5.74, 6) is -0.235. The van der Waals surface area contributed by atoms with E-state index in [4.69, 9.17) is 0 Å². The molecular formula is C13H11BrFNOS. The molecule has 0 saturated heterocycles. The van der Waals surface area contributed by atoms with Crippen molar-refractivity contribution in [3.63, 3.8) is 0 Å². The number of Topliss-reactive ketones (excluding diaryl/α,β-unsaturated/α-hetero) is 1. The van der Waals surface area contributed by atoms with Crippen LogP contribution < -0.4 is 0 Å². The van der Waals surface area contributed by atoms with E-state index >= 15 is 0 Å². The number of thiazole rings is 1. The third kappa shape index (κ3) is 3.46. The van der Waals surface area contributed by atoms with Gasteiger partial charge in [0.2, 0.25) is 0 Å². The molecule has 18 heavy (non-hydrogen) atoms. The molecule has 1 aromatic carbocycles. The summed E-state index contributed by atoms with van der Waals surface area (Å²) in [5, 5.41) is 2.85. The summed E-state index contributed by atoms with van der Waals surface area (Å²) in [5.41, 5.74) is 1.61. The van der Waals surface area contributed by atoms with E-state index in [-0.39, 0.29) is 18.0 Å². The summed E-state index contributed by atoms with van der Waals surface area (Å²) in [4.78, 5) is 16.1. The lowest BCUT2D eigenvalue weighted by Crippen LogP contribution is -2.07. The molecule has 0 saturated carbocycles. The highest BCUT2D eigenvalue weighted by molar-refractivity contribution is 9.10. The number of benzene rings is 1. The van der Waals surface area contributed by atoms with Crippen LogP contribution in [0.1, 0.15) is 16.3 Å². The van der Waals surface area contributed by atoms with Crippen molar-refractivity contribution in [3.05, 3.63) is 50.1 Å². The lowest BCUT2D eigenvalue weighted by Gasteiger charge is -2.03. The van der Waals surface area contributed by atoms with Gasteiger partial charge in [-0.05, 0) is 24.6 Å². The summed E-state index contributed by atoms with van der Waals surface area (Å²) in [6.07, 6.45) is 0.617. The molecule has 94 valence electrons. The fourth-order valence-electron chi connectivity index (χ4n) is 1.63. The highest BCUT2D eigenvalue weighted by Gasteiger charge is 2.10. The number of rotatable bonds is 4. The highest BCUT2D eigenvalue weighted by Crippen LogP contribution is 2.19. The van der Waals surface area contributed by atoms with Gasteiger partial charge in [0.25, 0.3) is 0 Å². The van der Waals surface area contributed by atoms with E-state index in [0.717, 1.165) is 16.3 Å². The molecule has 0 fully saturated rings. The molecule has 0 aliphatic heterocycles. The molecule has 5 heteroatoms.